The number of aliphatic hydroxyl groups is 2. The summed E-state index contributed by atoms with van der Waals surface area (Å²) in [6, 6.07) is 0. The molecule has 1 rings (SSSR count). The molecule has 3 nitrogen and oxygen atoms in total. The molecule has 0 radical (unpaired) electrons. The van der Waals surface area contributed by atoms with E-state index in [1.807, 2.05) is 13.8 Å². The predicted molar refractivity (Wildman–Crippen MR) is 41.2 cm³/mol. The first kappa shape index (κ1) is 8.97. The van der Waals surface area contributed by atoms with Gasteiger partial charge in [0.15, 0.2) is 0 Å². The summed E-state index contributed by atoms with van der Waals surface area (Å²) in [6.45, 7) is 3.82. The van der Waals surface area contributed by atoms with Crippen LogP contribution in [-0.4, -0.2) is 35.1 Å². The van der Waals surface area contributed by atoms with Gasteiger partial charge in [0.1, 0.15) is 0 Å². The molecule has 1 fully saturated rings. The fourth-order valence-corrected chi connectivity index (χ4v) is 1.49. The molecule has 1 aliphatic rings. The standard InChI is InChI=1S/C8H16O3/c1-5-3-7(10)6(2)8(4-9)11-5/h5-10H,3-4H2,1-2H3/t5-,6+,7-,8?/m1/s1. The van der Waals surface area contributed by atoms with Crippen molar-refractivity contribution in [1.29, 1.82) is 0 Å². The van der Waals surface area contributed by atoms with E-state index in [4.69, 9.17) is 9.84 Å². The Labute approximate surface area is 67.0 Å². The van der Waals surface area contributed by atoms with Crippen molar-refractivity contribution in [2.45, 2.75) is 38.6 Å². The maximum atomic E-state index is 9.46. The molecular weight excluding hydrogens is 144 g/mol. The first-order valence-electron chi connectivity index (χ1n) is 4.09. The third kappa shape index (κ3) is 1.92. The van der Waals surface area contributed by atoms with Crippen LogP contribution in [0.5, 0.6) is 0 Å². The highest BCUT2D eigenvalue weighted by Gasteiger charge is 2.32. The van der Waals surface area contributed by atoms with Crippen LogP contribution in [0, 0.1) is 5.92 Å². The SMILES string of the molecule is C[C@@H]1C[C@@H](O)[C@H](C)C(CO)O1. The summed E-state index contributed by atoms with van der Waals surface area (Å²) in [7, 11) is 0. The second-order valence-electron chi connectivity index (χ2n) is 3.33. The van der Waals surface area contributed by atoms with Crippen molar-refractivity contribution in [2.24, 2.45) is 5.92 Å². The first-order valence-corrected chi connectivity index (χ1v) is 4.09. The molecule has 0 aliphatic carbocycles. The minimum absolute atomic E-state index is 0.00255. The summed E-state index contributed by atoms with van der Waals surface area (Å²) in [5.41, 5.74) is 0. The molecule has 2 N–H and O–H groups in total. The van der Waals surface area contributed by atoms with Gasteiger partial charge in [-0.05, 0) is 13.3 Å². The molecule has 0 saturated carbocycles. The highest BCUT2D eigenvalue weighted by atomic mass is 16.5. The van der Waals surface area contributed by atoms with Gasteiger partial charge in [-0.25, -0.2) is 0 Å². The van der Waals surface area contributed by atoms with E-state index in [0.29, 0.717) is 6.42 Å². The Balaban J connectivity index is 2.51. The van der Waals surface area contributed by atoms with Gasteiger partial charge in [0, 0.05) is 5.92 Å². The third-order valence-corrected chi connectivity index (χ3v) is 2.35. The van der Waals surface area contributed by atoms with Crippen LogP contribution >= 0.6 is 0 Å². The van der Waals surface area contributed by atoms with E-state index in [-0.39, 0.29) is 30.8 Å². The van der Waals surface area contributed by atoms with Crippen molar-refractivity contribution in [1.82, 2.24) is 0 Å². The van der Waals surface area contributed by atoms with Crippen LogP contribution in [0.15, 0.2) is 0 Å². The van der Waals surface area contributed by atoms with Gasteiger partial charge < -0.3 is 14.9 Å². The molecule has 1 unspecified atom stereocenters. The van der Waals surface area contributed by atoms with Crippen molar-refractivity contribution in [3.8, 4) is 0 Å². The lowest BCUT2D eigenvalue weighted by Gasteiger charge is -2.35. The Morgan fingerprint density at radius 1 is 1.45 bits per heavy atom. The quantitative estimate of drug-likeness (QED) is 0.574. The Hall–Kier alpha value is -0.120. The molecule has 11 heavy (non-hydrogen) atoms. The lowest BCUT2D eigenvalue weighted by molar-refractivity contribution is -0.138. The minimum atomic E-state index is -0.323. The highest BCUT2D eigenvalue weighted by Crippen LogP contribution is 2.24. The summed E-state index contributed by atoms with van der Waals surface area (Å²) in [5, 5.41) is 18.3. The summed E-state index contributed by atoms with van der Waals surface area (Å²) >= 11 is 0. The molecule has 0 aromatic heterocycles. The second-order valence-corrected chi connectivity index (χ2v) is 3.33. The van der Waals surface area contributed by atoms with E-state index < -0.39 is 0 Å². The molecule has 0 spiro atoms. The molecule has 1 heterocycles. The van der Waals surface area contributed by atoms with E-state index >= 15 is 0 Å². The lowest BCUT2D eigenvalue weighted by Crippen LogP contribution is -2.43. The summed E-state index contributed by atoms with van der Waals surface area (Å²) in [5.74, 6) is 0.0520. The fraction of sp³-hybridized carbons (Fsp3) is 1.00. The molecule has 3 heteroatoms. The zero-order valence-corrected chi connectivity index (χ0v) is 7.03. The van der Waals surface area contributed by atoms with Crippen molar-refractivity contribution in [2.75, 3.05) is 6.61 Å². The van der Waals surface area contributed by atoms with Crippen LogP contribution in [0.1, 0.15) is 20.3 Å². The number of hydrogen-bond acceptors (Lipinski definition) is 3. The molecule has 0 amide bonds. The van der Waals surface area contributed by atoms with Crippen LogP contribution in [0.25, 0.3) is 0 Å². The third-order valence-electron chi connectivity index (χ3n) is 2.35. The zero-order chi connectivity index (χ0) is 8.43. The van der Waals surface area contributed by atoms with E-state index in [1.54, 1.807) is 0 Å². The number of rotatable bonds is 1. The van der Waals surface area contributed by atoms with Crippen LogP contribution in [0.3, 0.4) is 0 Å². The van der Waals surface area contributed by atoms with Crippen molar-refractivity contribution >= 4 is 0 Å². The van der Waals surface area contributed by atoms with Gasteiger partial charge in [0.25, 0.3) is 0 Å². The minimum Gasteiger partial charge on any atom is -0.394 e. The molecule has 0 bridgehead atoms. The maximum absolute atomic E-state index is 9.46. The maximum Gasteiger partial charge on any atom is 0.0859 e. The van der Waals surface area contributed by atoms with Crippen molar-refractivity contribution in [3.63, 3.8) is 0 Å². The normalized spacial score (nSPS) is 45.8. The summed E-state index contributed by atoms with van der Waals surface area (Å²) < 4.78 is 5.41. The Morgan fingerprint density at radius 2 is 2.09 bits per heavy atom. The van der Waals surface area contributed by atoms with Crippen LogP contribution in [0.2, 0.25) is 0 Å². The molecule has 66 valence electrons. The van der Waals surface area contributed by atoms with E-state index in [1.165, 1.54) is 0 Å². The van der Waals surface area contributed by atoms with Crippen LogP contribution in [-0.2, 0) is 4.74 Å². The van der Waals surface area contributed by atoms with E-state index in [2.05, 4.69) is 0 Å². The van der Waals surface area contributed by atoms with Gasteiger partial charge in [-0.2, -0.15) is 0 Å². The molecule has 4 atom stereocenters. The highest BCUT2D eigenvalue weighted by molar-refractivity contribution is 4.80. The molecule has 1 aliphatic heterocycles. The zero-order valence-electron chi connectivity index (χ0n) is 7.03. The van der Waals surface area contributed by atoms with Gasteiger partial charge in [0.2, 0.25) is 0 Å². The van der Waals surface area contributed by atoms with Crippen LogP contribution in [0.4, 0.5) is 0 Å². The van der Waals surface area contributed by atoms with Gasteiger partial charge in [0.05, 0.1) is 24.9 Å². The second kappa shape index (κ2) is 3.52. The molecule has 0 aromatic rings. The smallest absolute Gasteiger partial charge is 0.0859 e. The van der Waals surface area contributed by atoms with E-state index in [0.717, 1.165) is 0 Å². The number of ether oxygens (including phenoxy) is 1. The topological polar surface area (TPSA) is 49.7 Å². The Kier molecular flexibility index (Phi) is 2.87. The summed E-state index contributed by atoms with van der Waals surface area (Å²) in [6.07, 6.45) is 0.237. The molecule has 0 aromatic carbocycles. The first-order chi connectivity index (χ1) is 5.15. The summed E-state index contributed by atoms with van der Waals surface area (Å²) in [4.78, 5) is 0. The number of hydrogen-bond donors (Lipinski definition) is 2. The van der Waals surface area contributed by atoms with Crippen LogP contribution < -0.4 is 0 Å². The monoisotopic (exact) mass is 160 g/mol. The average molecular weight is 160 g/mol. The average Bonchev–Trinajstić information content (AvgIpc) is 1.96. The largest absolute Gasteiger partial charge is 0.394 e. The Bertz CT molecular complexity index is 127. The lowest BCUT2D eigenvalue weighted by atomic mass is 9.91. The van der Waals surface area contributed by atoms with Gasteiger partial charge in [-0.1, -0.05) is 6.92 Å². The fourth-order valence-electron chi connectivity index (χ4n) is 1.49. The van der Waals surface area contributed by atoms with Crippen molar-refractivity contribution in [3.05, 3.63) is 0 Å². The number of aliphatic hydroxyl groups excluding tert-OH is 2. The van der Waals surface area contributed by atoms with Crippen molar-refractivity contribution < 1.29 is 14.9 Å². The van der Waals surface area contributed by atoms with Gasteiger partial charge in [-0.15, -0.1) is 0 Å². The van der Waals surface area contributed by atoms with Gasteiger partial charge in [-0.3, -0.25) is 0 Å². The molecule has 1 saturated heterocycles. The predicted octanol–water partition coefficient (Wildman–Crippen LogP) is 0.153. The Morgan fingerprint density at radius 3 is 2.64 bits per heavy atom. The van der Waals surface area contributed by atoms with Gasteiger partial charge >= 0.3 is 0 Å². The van der Waals surface area contributed by atoms with E-state index in [9.17, 15) is 5.11 Å². The molecular formula is C8H16O3.